The molecule has 5 unspecified atom stereocenters. The van der Waals surface area contributed by atoms with Crippen molar-refractivity contribution in [2.45, 2.75) is 39.5 Å². The molecule has 7 heteroatoms. The van der Waals surface area contributed by atoms with Gasteiger partial charge in [0.25, 0.3) is 0 Å². The lowest BCUT2D eigenvalue weighted by molar-refractivity contribution is -0.140. The molecular formula is C23H37N5O2. The van der Waals surface area contributed by atoms with E-state index in [1.165, 1.54) is 37.3 Å². The lowest BCUT2D eigenvalue weighted by Crippen LogP contribution is -2.44. The first kappa shape index (κ1) is 21.3. The number of nitrogens with one attached hydrogen (secondary N) is 2. The number of piperidine rings is 1. The van der Waals surface area contributed by atoms with Crippen molar-refractivity contribution in [1.29, 1.82) is 0 Å². The molecule has 0 aromatic heterocycles. The lowest BCUT2D eigenvalue weighted by Gasteiger charge is -2.28. The normalized spacial score (nSPS) is 32.1. The topological polar surface area (TPSA) is 77.0 Å². The van der Waals surface area contributed by atoms with E-state index in [2.05, 4.69) is 34.6 Å². The molecule has 0 aromatic rings. The van der Waals surface area contributed by atoms with Crippen LogP contribution in [0.1, 0.15) is 39.5 Å². The average Bonchev–Trinajstić information content (AvgIpc) is 3.42. The van der Waals surface area contributed by atoms with Gasteiger partial charge in [-0.3, -0.25) is 19.5 Å². The highest BCUT2D eigenvalue weighted by molar-refractivity contribution is 6.06. The van der Waals surface area contributed by atoms with Crippen LogP contribution in [0.4, 0.5) is 0 Å². The monoisotopic (exact) mass is 415 g/mol. The van der Waals surface area contributed by atoms with E-state index in [9.17, 15) is 9.59 Å². The van der Waals surface area contributed by atoms with E-state index in [-0.39, 0.29) is 35.5 Å². The smallest absolute Gasteiger partial charge is 0.233 e. The van der Waals surface area contributed by atoms with Crippen molar-refractivity contribution in [2.24, 2.45) is 34.6 Å². The minimum Gasteiger partial charge on any atom is -0.357 e. The zero-order chi connectivity index (χ0) is 21.1. The maximum atomic E-state index is 12.8. The minimum atomic E-state index is -0.106. The number of likely N-dealkylation sites (tertiary alicyclic amines) is 2. The molecule has 5 atom stereocenters. The van der Waals surface area contributed by atoms with E-state index in [0.717, 1.165) is 32.0 Å². The molecule has 0 spiro atoms. The quantitative estimate of drug-likeness (QED) is 0.272. The standard InChI is InChI=1S/C23H37N5O2/c1-3-24-23(26-14-16(2)15-27-10-5-4-6-11-27)25-9-12-28-21(29)19-17-7-8-18(13-17)20(19)22(28)30/h7-8,16-20H,3-6,9-15H2,1-2H3,(H2,24,25,26). The predicted molar refractivity (Wildman–Crippen MR) is 118 cm³/mol. The Bertz CT molecular complexity index is 670. The van der Waals surface area contributed by atoms with Crippen molar-refractivity contribution in [3.63, 3.8) is 0 Å². The molecule has 2 aliphatic carbocycles. The van der Waals surface area contributed by atoms with E-state index in [1.54, 1.807) is 0 Å². The summed E-state index contributed by atoms with van der Waals surface area (Å²) in [6.45, 7) is 10.3. The number of hydrogen-bond donors (Lipinski definition) is 2. The van der Waals surface area contributed by atoms with Crippen molar-refractivity contribution in [3.05, 3.63) is 12.2 Å². The van der Waals surface area contributed by atoms with Crippen molar-refractivity contribution in [1.82, 2.24) is 20.4 Å². The zero-order valence-corrected chi connectivity index (χ0v) is 18.5. The van der Waals surface area contributed by atoms with E-state index in [0.29, 0.717) is 19.0 Å². The number of hydrogen-bond acceptors (Lipinski definition) is 4. The van der Waals surface area contributed by atoms with Gasteiger partial charge in [-0.15, -0.1) is 0 Å². The third kappa shape index (κ3) is 4.41. The summed E-state index contributed by atoms with van der Waals surface area (Å²) in [6.07, 6.45) is 9.24. The zero-order valence-electron chi connectivity index (χ0n) is 18.5. The van der Waals surface area contributed by atoms with Gasteiger partial charge >= 0.3 is 0 Å². The van der Waals surface area contributed by atoms with Crippen LogP contribution in [0.3, 0.4) is 0 Å². The Hall–Kier alpha value is -1.89. The number of imide groups is 1. The molecule has 0 aromatic carbocycles. The number of fused-ring (bicyclic) bond motifs is 5. The Morgan fingerprint density at radius 3 is 2.40 bits per heavy atom. The van der Waals surface area contributed by atoms with Gasteiger partial charge in [-0.1, -0.05) is 25.5 Å². The summed E-state index contributed by atoms with van der Waals surface area (Å²) < 4.78 is 0. The van der Waals surface area contributed by atoms with Crippen molar-refractivity contribution in [3.8, 4) is 0 Å². The third-order valence-corrected chi connectivity index (χ3v) is 7.11. The third-order valence-electron chi connectivity index (χ3n) is 7.11. The molecule has 166 valence electrons. The van der Waals surface area contributed by atoms with Gasteiger partial charge < -0.3 is 15.5 Å². The van der Waals surface area contributed by atoms with Gasteiger partial charge in [-0.05, 0) is 57.0 Å². The van der Waals surface area contributed by atoms with Crippen LogP contribution in [0.15, 0.2) is 17.1 Å². The second-order valence-electron chi connectivity index (χ2n) is 9.44. The van der Waals surface area contributed by atoms with Crippen molar-refractivity contribution in [2.75, 3.05) is 45.8 Å². The number of carbonyl (C=O) groups is 2. The Morgan fingerprint density at radius 1 is 1.10 bits per heavy atom. The first-order valence-corrected chi connectivity index (χ1v) is 11.9. The Morgan fingerprint density at radius 2 is 1.77 bits per heavy atom. The number of nitrogens with zero attached hydrogens (tertiary/aromatic N) is 3. The van der Waals surface area contributed by atoms with E-state index in [1.807, 2.05) is 6.92 Å². The van der Waals surface area contributed by atoms with Crippen molar-refractivity contribution >= 4 is 17.8 Å². The largest absolute Gasteiger partial charge is 0.357 e. The maximum absolute atomic E-state index is 12.8. The summed E-state index contributed by atoms with van der Waals surface area (Å²) in [6, 6.07) is 0. The average molecular weight is 416 g/mol. The van der Waals surface area contributed by atoms with Crippen LogP contribution < -0.4 is 10.6 Å². The number of guanidine groups is 1. The minimum absolute atomic E-state index is 0.0285. The van der Waals surface area contributed by atoms with Crippen LogP contribution in [-0.4, -0.2) is 73.4 Å². The van der Waals surface area contributed by atoms with Gasteiger partial charge in [0, 0.05) is 32.7 Å². The highest BCUT2D eigenvalue weighted by Gasteiger charge is 2.58. The highest BCUT2D eigenvalue weighted by Crippen LogP contribution is 2.52. The van der Waals surface area contributed by atoms with Gasteiger partial charge in [0.15, 0.2) is 5.96 Å². The molecule has 0 radical (unpaired) electrons. The molecule has 2 N–H and O–H groups in total. The number of allylic oxidation sites excluding steroid dienone is 2. The lowest BCUT2D eigenvalue weighted by atomic mass is 9.85. The van der Waals surface area contributed by atoms with Crippen molar-refractivity contribution < 1.29 is 9.59 Å². The summed E-state index contributed by atoms with van der Waals surface area (Å²) in [5.41, 5.74) is 0. The van der Waals surface area contributed by atoms with Gasteiger partial charge in [0.1, 0.15) is 0 Å². The Balaban J connectivity index is 1.24. The van der Waals surface area contributed by atoms with Gasteiger partial charge in [0.05, 0.1) is 11.8 Å². The first-order chi connectivity index (χ1) is 14.6. The second-order valence-corrected chi connectivity index (χ2v) is 9.44. The molecule has 2 aliphatic heterocycles. The molecule has 3 fully saturated rings. The fourth-order valence-electron chi connectivity index (χ4n) is 5.70. The summed E-state index contributed by atoms with van der Waals surface area (Å²) in [5, 5.41) is 6.60. The van der Waals surface area contributed by atoms with E-state index >= 15 is 0 Å². The Kier molecular flexibility index (Phi) is 6.76. The molecule has 2 saturated heterocycles. The van der Waals surface area contributed by atoms with E-state index < -0.39 is 0 Å². The van der Waals surface area contributed by atoms with E-state index in [4.69, 9.17) is 4.99 Å². The van der Waals surface area contributed by atoms with Crippen LogP contribution in [0.2, 0.25) is 0 Å². The molecule has 30 heavy (non-hydrogen) atoms. The fourth-order valence-corrected chi connectivity index (χ4v) is 5.70. The molecule has 4 rings (SSSR count). The Labute approximate surface area is 180 Å². The fraction of sp³-hybridized carbons (Fsp3) is 0.783. The predicted octanol–water partition coefficient (Wildman–Crippen LogP) is 1.47. The van der Waals surface area contributed by atoms with Gasteiger partial charge in [-0.25, -0.2) is 0 Å². The molecule has 2 heterocycles. The number of carbonyl (C=O) groups excluding carboxylic acids is 2. The van der Waals surface area contributed by atoms with Crippen LogP contribution >= 0.6 is 0 Å². The molecule has 2 amide bonds. The van der Waals surface area contributed by atoms with Crippen LogP contribution in [0, 0.1) is 29.6 Å². The number of rotatable bonds is 8. The summed E-state index contributed by atoms with van der Waals surface area (Å²) >= 11 is 0. The van der Waals surface area contributed by atoms with Gasteiger partial charge in [-0.2, -0.15) is 0 Å². The second kappa shape index (κ2) is 9.50. The molecule has 7 nitrogen and oxygen atoms in total. The molecule has 2 bridgehead atoms. The number of amides is 2. The SMILES string of the molecule is CCNC(=NCC(C)CN1CCCCC1)NCCN1C(=O)C2C3C=CC(C3)C2C1=O. The molecular weight excluding hydrogens is 378 g/mol. The van der Waals surface area contributed by atoms with Crippen LogP contribution in [0.5, 0.6) is 0 Å². The summed E-state index contributed by atoms with van der Waals surface area (Å²) in [4.78, 5) is 34.3. The maximum Gasteiger partial charge on any atom is 0.233 e. The molecule has 1 saturated carbocycles. The highest BCUT2D eigenvalue weighted by atomic mass is 16.2. The number of aliphatic imine (C=N–C) groups is 1. The summed E-state index contributed by atoms with van der Waals surface area (Å²) in [5.74, 6) is 1.66. The van der Waals surface area contributed by atoms with Gasteiger partial charge in [0.2, 0.25) is 11.8 Å². The first-order valence-electron chi connectivity index (χ1n) is 11.9. The molecule has 4 aliphatic rings. The van der Waals surface area contributed by atoms with Crippen LogP contribution in [0.25, 0.3) is 0 Å². The van der Waals surface area contributed by atoms with Crippen LogP contribution in [-0.2, 0) is 9.59 Å². The summed E-state index contributed by atoms with van der Waals surface area (Å²) in [7, 11) is 0.